The Hall–Kier alpha value is -1.20. The van der Waals surface area contributed by atoms with Gasteiger partial charge in [0.1, 0.15) is 4.70 Å². The third-order valence-electron chi connectivity index (χ3n) is 3.80. The zero-order valence-corrected chi connectivity index (χ0v) is 12.1. The maximum atomic E-state index is 12.3. The highest BCUT2D eigenvalue weighted by Gasteiger charge is 2.11. The Balaban J connectivity index is 1.70. The van der Waals surface area contributed by atoms with Crippen molar-refractivity contribution in [2.45, 2.75) is 32.7 Å². The fourth-order valence-corrected chi connectivity index (χ4v) is 3.64. The molecule has 1 saturated heterocycles. The molecule has 0 spiro atoms. The van der Waals surface area contributed by atoms with Crippen LogP contribution in [0.2, 0.25) is 0 Å². The van der Waals surface area contributed by atoms with E-state index in [1.54, 1.807) is 10.9 Å². The molecule has 1 fully saturated rings. The summed E-state index contributed by atoms with van der Waals surface area (Å²) in [6.07, 6.45) is 5.37. The second-order valence-electron chi connectivity index (χ2n) is 5.24. The van der Waals surface area contributed by atoms with Gasteiger partial charge >= 0.3 is 0 Å². The van der Waals surface area contributed by atoms with Crippen LogP contribution in [-0.4, -0.2) is 34.1 Å². The summed E-state index contributed by atoms with van der Waals surface area (Å²) in [6.45, 7) is 6.30. The molecule has 0 saturated carbocycles. The molecule has 102 valence electrons. The summed E-state index contributed by atoms with van der Waals surface area (Å²) >= 11 is 1.51. The molecule has 0 unspecified atom stereocenters. The fraction of sp³-hybridized carbons (Fsp3) is 0.571. The van der Waals surface area contributed by atoms with Crippen LogP contribution in [0.1, 0.15) is 24.8 Å². The lowest BCUT2D eigenvalue weighted by molar-refractivity contribution is 0.324. The highest BCUT2D eigenvalue weighted by Crippen LogP contribution is 2.19. The molecule has 4 nitrogen and oxygen atoms in total. The van der Waals surface area contributed by atoms with Crippen molar-refractivity contribution in [1.29, 1.82) is 0 Å². The molecular weight excluding hydrogens is 258 g/mol. The molecule has 19 heavy (non-hydrogen) atoms. The Morgan fingerprint density at radius 1 is 1.32 bits per heavy atom. The summed E-state index contributed by atoms with van der Waals surface area (Å²) in [7, 11) is 0. The van der Waals surface area contributed by atoms with Gasteiger partial charge in [0.25, 0.3) is 5.56 Å². The molecule has 0 radical (unpaired) electrons. The van der Waals surface area contributed by atoms with Gasteiger partial charge in [-0.25, -0.2) is 4.98 Å². The smallest absolute Gasteiger partial charge is 0.271 e. The first kappa shape index (κ1) is 12.8. The lowest BCUT2D eigenvalue weighted by Crippen LogP contribution is -2.25. The number of aromatic nitrogens is 2. The minimum Gasteiger partial charge on any atom is -0.303 e. The lowest BCUT2D eigenvalue weighted by atomic mass is 10.3. The van der Waals surface area contributed by atoms with Crippen LogP contribution in [0.5, 0.6) is 0 Å². The summed E-state index contributed by atoms with van der Waals surface area (Å²) in [5.74, 6) is 0. The largest absolute Gasteiger partial charge is 0.303 e. The number of likely N-dealkylation sites (tertiary alicyclic amines) is 1. The third kappa shape index (κ3) is 2.58. The Bertz CT molecular complexity index is 625. The van der Waals surface area contributed by atoms with E-state index < -0.39 is 0 Å². The molecule has 0 atom stereocenters. The molecule has 0 bridgehead atoms. The van der Waals surface area contributed by atoms with E-state index in [1.165, 1.54) is 37.3 Å². The predicted molar refractivity (Wildman–Crippen MR) is 78.9 cm³/mol. The number of hydrogen-bond acceptors (Lipinski definition) is 4. The van der Waals surface area contributed by atoms with Crippen LogP contribution in [0.15, 0.2) is 16.5 Å². The van der Waals surface area contributed by atoms with E-state index in [9.17, 15) is 4.79 Å². The second-order valence-corrected chi connectivity index (χ2v) is 6.12. The van der Waals surface area contributed by atoms with Crippen molar-refractivity contribution in [2.24, 2.45) is 0 Å². The molecule has 3 rings (SSSR count). The van der Waals surface area contributed by atoms with Gasteiger partial charge in [0, 0.05) is 6.54 Å². The van der Waals surface area contributed by atoms with Gasteiger partial charge < -0.3 is 4.90 Å². The van der Waals surface area contributed by atoms with Crippen molar-refractivity contribution in [1.82, 2.24) is 14.5 Å². The molecule has 2 aromatic rings. The predicted octanol–water partition coefficient (Wildman–Crippen LogP) is 2.25. The SMILES string of the molecule is Cc1csc2c(=O)n(CCCN3CCCC3)cnc12. The Labute approximate surface area is 116 Å². The van der Waals surface area contributed by atoms with E-state index in [0.717, 1.165) is 35.3 Å². The molecule has 3 heterocycles. The fourth-order valence-electron chi connectivity index (χ4n) is 2.69. The maximum Gasteiger partial charge on any atom is 0.271 e. The average Bonchev–Trinajstić information content (AvgIpc) is 3.03. The standard InChI is InChI=1S/C14H19N3OS/c1-11-9-19-13-12(11)15-10-17(14(13)18)8-4-7-16-5-2-3-6-16/h9-10H,2-8H2,1H3. The van der Waals surface area contributed by atoms with Crippen LogP contribution in [0.3, 0.4) is 0 Å². The summed E-state index contributed by atoms with van der Waals surface area (Å²) in [4.78, 5) is 19.2. The molecule has 0 N–H and O–H groups in total. The van der Waals surface area contributed by atoms with E-state index in [1.807, 2.05) is 12.3 Å². The van der Waals surface area contributed by atoms with Crippen molar-refractivity contribution in [3.8, 4) is 0 Å². The highest BCUT2D eigenvalue weighted by molar-refractivity contribution is 7.17. The Morgan fingerprint density at radius 2 is 2.11 bits per heavy atom. The van der Waals surface area contributed by atoms with Crippen molar-refractivity contribution in [3.05, 3.63) is 27.6 Å². The van der Waals surface area contributed by atoms with Crippen LogP contribution in [0.25, 0.3) is 10.2 Å². The Kier molecular flexibility index (Phi) is 3.66. The van der Waals surface area contributed by atoms with Gasteiger partial charge in [-0.2, -0.15) is 0 Å². The van der Waals surface area contributed by atoms with Crippen molar-refractivity contribution in [3.63, 3.8) is 0 Å². The van der Waals surface area contributed by atoms with E-state index >= 15 is 0 Å². The molecule has 2 aromatic heterocycles. The van der Waals surface area contributed by atoms with Crippen LogP contribution < -0.4 is 5.56 Å². The summed E-state index contributed by atoms with van der Waals surface area (Å²) in [5.41, 5.74) is 2.08. The van der Waals surface area contributed by atoms with Crippen molar-refractivity contribution < 1.29 is 0 Å². The van der Waals surface area contributed by atoms with Gasteiger partial charge in [0.15, 0.2) is 0 Å². The van der Waals surface area contributed by atoms with Crippen LogP contribution in [-0.2, 0) is 6.54 Å². The van der Waals surface area contributed by atoms with E-state index in [2.05, 4.69) is 9.88 Å². The monoisotopic (exact) mass is 277 g/mol. The minimum atomic E-state index is 0.115. The zero-order valence-electron chi connectivity index (χ0n) is 11.3. The topological polar surface area (TPSA) is 38.1 Å². The number of aryl methyl sites for hydroxylation is 2. The first-order valence-electron chi connectivity index (χ1n) is 6.91. The average molecular weight is 277 g/mol. The van der Waals surface area contributed by atoms with Crippen molar-refractivity contribution >= 4 is 21.6 Å². The van der Waals surface area contributed by atoms with E-state index in [-0.39, 0.29) is 5.56 Å². The molecule has 1 aliphatic heterocycles. The summed E-state index contributed by atoms with van der Waals surface area (Å²) in [5, 5.41) is 2.01. The van der Waals surface area contributed by atoms with Gasteiger partial charge in [-0.1, -0.05) is 0 Å². The second kappa shape index (κ2) is 5.43. The summed E-state index contributed by atoms with van der Waals surface area (Å²) < 4.78 is 2.55. The van der Waals surface area contributed by atoms with Crippen LogP contribution in [0, 0.1) is 6.92 Å². The number of rotatable bonds is 4. The third-order valence-corrected chi connectivity index (χ3v) is 4.87. The molecule has 0 amide bonds. The van der Waals surface area contributed by atoms with Gasteiger partial charge in [0.05, 0.1) is 11.8 Å². The van der Waals surface area contributed by atoms with Crippen LogP contribution in [0.4, 0.5) is 0 Å². The normalized spacial score (nSPS) is 16.5. The number of fused-ring (bicyclic) bond motifs is 1. The number of hydrogen-bond donors (Lipinski definition) is 0. The maximum absolute atomic E-state index is 12.3. The zero-order chi connectivity index (χ0) is 13.2. The number of nitrogens with zero attached hydrogens (tertiary/aromatic N) is 3. The van der Waals surface area contributed by atoms with Gasteiger partial charge in [-0.05, 0) is 56.8 Å². The minimum absolute atomic E-state index is 0.115. The molecule has 0 aromatic carbocycles. The lowest BCUT2D eigenvalue weighted by Gasteiger charge is -2.14. The van der Waals surface area contributed by atoms with Crippen LogP contribution >= 0.6 is 11.3 Å². The van der Waals surface area contributed by atoms with E-state index in [4.69, 9.17) is 0 Å². The quantitative estimate of drug-likeness (QED) is 0.860. The molecule has 1 aliphatic rings. The van der Waals surface area contributed by atoms with E-state index in [0.29, 0.717) is 0 Å². The van der Waals surface area contributed by atoms with Gasteiger partial charge in [-0.3, -0.25) is 9.36 Å². The summed E-state index contributed by atoms with van der Waals surface area (Å²) in [6, 6.07) is 0. The van der Waals surface area contributed by atoms with Crippen molar-refractivity contribution in [2.75, 3.05) is 19.6 Å². The first-order valence-corrected chi connectivity index (χ1v) is 7.79. The first-order chi connectivity index (χ1) is 9.25. The molecule has 0 aliphatic carbocycles. The van der Waals surface area contributed by atoms with Gasteiger partial charge in [-0.15, -0.1) is 11.3 Å². The Morgan fingerprint density at radius 3 is 2.89 bits per heavy atom. The highest BCUT2D eigenvalue weighted by atomic mass is 32.1. The molecule has 5 heteroatoms. The molecular formula is C14H19N3OS. The van der Waals surface area contributed by atoms with Gasteiger partial charge in [0.2, 0.25) is 0 Å². The number of thiophene rings is 1.